The van der Waals surface area contributed by atoms with Crippen LogP contribution in [-0.4, -0.2) is 6.04 Å². The van der Waals surface area contributed by atoms with Gasteiger partial charge in [0.15, 0.2) is 0 Å². The lowest BCUT2D eigenvalue weighted by Gasteiger charge is -2.27. The van der Waals surface area contributed by atoms with Crippen molar-refractivity contribution in [2.45, 2.75) is 31.3 Å². The van der Waals surface area contributed by atoms with Gasteiger partial charge in [0.1, 0.15) is 0 Å². The lowest BCUT2D eigenvalue weighted by atomic mass is 9.94. The molecule has 2 rings (SSSR count). The molecular formula is C12H13BrN2. The molecule has 1 aromatic rings. The molecule has 15 heavy (non-hydrogen) atoms. The van der Waals surface area contributed by atoms with Crippen LogP contribution in [-0.2, 0) is 0 Å². The van der Waals surface area contributed by atoms with Crippen LogP contribution in [0.15, 0.2) is 28.7 Å². The zero-order valence-electron chi connectivity index (χ0n) is 8.41. The minimum Gasteiger partial charge on any atom is -0.295 e. The maximum Gasteiger partial charge on any atom is 0.0957 e. The van der Waals surface area contributed by atoms with Crippen molar-refractivity contribution in [3.05, 3.63) is 34.3 Å². The molecule has 1 aliphatic rings. The molecule has 1 N–H and O–H groups in total. The van der Waals surface area contributed by atoms with Crippen molar-refractivity contribution in [1.82, 2.24) is 5.32 Å². The Hall–Kier alpha value is -0.850. The van der Waals surface area contributed by atoms with E-state index in [1.54, 1.807) is 0 Å². The molecule has 2 unspecified atom stereocenters. The second-order valence-corrected chi connectivity index (χ2v) is 4.80. The molecular weight excluding hydrogens is 252 g/mol. The van der Waals surface area contributed by atoms with E-state index in [9.17, 15) is 0 Å². The molecule has 1 fully saturated rings. The third kappa shape index (κ3) is 2.58. The Morgan fingerprint density at radius 1 is 1.27 bits per heavy atom. The van der Waals surface area contributed by atoms with Crippen molar-refractivity contribution in [2.75, 3.05) is 0 Å². The van der Waals surface area contributed by atoms with Crippen molar-refractivity contribution >= 4 is 15.9 Å². The molecule has 0 amide bonds. The van der Waals surface area contributed by atoms with Crippen LogP contribution in [0.2, 0.25) is 0 Å². The first-order valence-electron chi connectivity index (χ1n) is 5.21. The monoisotopic (exact) mass is 264 g/mol. The lowest BCUT2D eigenvalue weighted by Crippen LogP contribution is -2.35. The van der Waals surface area contributed by atoms with Crippen molar-refractivity contribution in [3.63, 3.8) is 0 Å². The number of rotatable bonds is 1. The number of hydrogen-bond acceptors (Lipinski definition) is 2. The normalized spacial score (nSPS) is 25.9. The summed E-state index contributed by atoms with van der Waals surface area (Å²) in [5.74, 6) is 0. The molecule has 2 atom stereocenters. The van der Waals surface area contributed by atoms with Crippen LogP contribution in [0.25, 0.3) is 0 Å². The summed E-state index contributed by atoms with van der Waals surface area (Å²) in [6.07, 6.45) is 3.23. The number of halogens is 1. The van der Waals surface area contributed by atoms with Crippen LogP contribution < -0.4 is 5.32 Å². The third-order valence-corrected chi connectivity index (χ3v) is 3.34. The molecule has 0 saturated carbocycles. The quantitative estimate of drug-likeness (QED) is 0.846. The number of nitriles is 1. The highest BCUT2D eigenvalue weighted by atomic mass is 79.9. The Labute approximate surface area is 98.4 Å². The van der Waals surface area contributed by atoms with Gasteiger partial charge in [-0.05, 0) is 37.0 Å². The van der Waals surface area contributed by atoms with Gasteiger partial charge in [0.05, 0.1) is 12.1 Å². The van der Waals surface area contributed by atoms with E-state index in [0.717, 1.165) is 23.7 Å². The van der Waals surface area contributed by atoms with Crippen LogP contribution in [0, 0.1) is 11.3 Å². The van der Waals surface area contributed by atoms with E-state index < -0.39 is 0 Å². The predicted octanol–water partition coefficient (Wildman–Crippen LogP) is 3.16. The Balaban J connectivity index is 2.10. The van der Waals surface area contributed by atoms with Crippen LogP contribution in [0.1, 0.15) is 30.9 Å². The number of nitrogens with zero attached hydrogens (tertiary/aromatic N) is 1. The molecule has 1 saturated heterocycles. The van der Waals surface area contributed by atoms with E-state index in [2.05, 4.69) is 39.4 Å². The van der Waals surface area contributed by atoms with Gasteiger partial charge in [-0.2, -0.15) is 5.26 Å². The van der Waals surface area contributed by atoms with Crippen LogP contribution in [0.4, 0.5) is 0 Å². The fourth-order valence-corrected chi connectivity index (χ4v) is 2.26. The maximum atomic E-state index is 8.88. The van der Waals surface area contributed by atoms with E-state index >= 15 is 0 Å². The average molecular weight is 265 g/mol. The molecule has 3 heteroatoms. The summed E-state index contributed by atoms with van der Waals surface area (Å²) in [5, 5.41) is 12.2. The Kier molecular flexibility index (Phi) is 3.40. The molecule has 1 heterocycles. The van der Waals surface area contributed by atoms with Gasteiger partial charge in [-0.25, -0.2) is 0 Å². The highest BCUT2D eigenvalue weighted by molar-refractivity contribution is 9.10. The number of piperidine rings is 1. The minimum atomic E-state index is 0.0207. The van der Waals surface area contributed by atoms with Gasteiger partial charge in [-0.3, -0.25) is 5.32 Å². The molecule has 0 bridgehead atoms. The molecule has 0 radical (unpaired) electrons. The van der Waals surface area contributed by atoms with E-state index in [-0.39, 0.29) is 6.04 Å². The highest BCUT2D eigenvalue weighted by Gasteiger charge is 2.21. The molecule has 1 aliphatic heterocycles. The number of benzene rings is 1. The second-order valence-electron chi connectivity index (χ2n) is 3.88. The largest absolute Gasteiger partial charge is 0.295 e. The Morgan fingerprint density at radius 3 is 2.67 bits per heavy atom. The minimum absolute atomic E-state index is 0.0207. The van der Waals surface area contributed by atoms with E-state index in [0.29, 0.717) is 6.04 Å². The zero-order valence-corrected chi connectivity index (χ0v) is 10.00. The first-order chi connectivity index (χ1) is 7.29. The van der Waals surface area contributed by atoms with Crippen LogP contribution in [0.3, 0.4) is 0 Å². The van der Waals surface area contributed by atoms with Crippen molar-refractivity contribution in [1.29, 1.82) is 5.26 Å². The third-order valence-electron chi connectivity index (χ3n) is 2.82. The fourth-order valence-electron chi connectivity index (χ4n) is 2.00. The summed E-state index contributed by atoms with van der Waals surface area (Å²) >= 11 is 3.42. The summed E-state index contributed by atoms with van der Waals surface area (Å²) in [4.78, 5) is 0. The predicted molar refractivity (Wildman–Crippen MR) is 63.3 cm³/mol. The maximum absolute atomic E-state index is 8.88. The van der Waals surface area contributed by atoms with Gasteiger partial charge in [0.25, 0.3) is 0 Å². The molecule has 0 aliphatic carbocycles. The van der Waals surface area contributed by atoms with Gasteiger partial charge in [0.2, 0.25) is 0 Å². The van der Waals surface area contributed by atoms with Crippen molar-refractivity contribution in [3.8, 4) is 6.07 Å². The highest BCUT2D eigenvalue weighted by Crippen LogP contribution is 2.26. The Bertz CT molecular complexity index is 366. The number of hydrogen-bond donors (Lipinski definition) is 1. The molecule has 2 nitrogen and oxygen atoms in total. The van der Waals surface area contributed by atoms with Gasteiger partial charge in [-0.1, -0.05) is 28.1 Å². The summed E-state index contributed by atoms with van der Waals surface area (Å²) < 4.78 is 1.10. The van der Waals surface area contributed by atoms with Gasteiger partial charge in [-0.15, -0.1) is 0 Å². The van der Waals surface area contributed by atoms with Crippen LogP contribution in [0.5, 0.6) is 0 Å². The first kappa shape index (κ1) is 10.7. The second kappa shape index (κ2) is 4.78. The molecule has 1 aromatic carbocycles. The molecule has 0 spiro atoms. The van der Waals surface area contributed by atoms with Crippen LogP contribution >= 0.6 is 15.9 Å². The molecule has 0 aromatic heterocycles. The van der Waals surface area contributed by atoms with Crippen molar-refractivity contribution < 1.29 is 0 Å². The summed E-state index contributed by atoms with van der Waals surface area (Å²) in [6.45, 7) is 0. The summed E-state index contributed by atoms with van der Waals surface area (Å²) in [7, 11) is 0. The van der Waals surface area contributed by atoms with Gasteiger partial charge >= 0.3 is 0 Å². The van der Waals surface area contributed by atoms with E-state index in [1.165, 1.54) is 5.56 Å². The zero-order chi connectivity index (χ0) is 10.7. The number of nitrogens with one attached hydrogen (secondary N) is 1. The smallest absolute Gasteiger partial charge is 0.0957 e. The SMILES string of the molecule is N#CC1CCCC(c2ccc(Br)cc2)N1. The van der Waals surface area contributed by atoms with Gasteiger partial charge in [0, 0.05) is 10.5 Å². The standard InChI is InChI=1S/C12H13BrN2/c13-10-6-4-9(5-7-10)12-3-1-2-11(8-14)15-12/h4-7,11-12,15H,1-3H2. The first-order valence-corrected chi connectivity index (χ1v) is 6.00. The summed E-state index contributed by atoms with van der Waals surface area (Å²) in [5.41, 5.74) is 1.28. The van der Waals surface area contributed by atoms with Gasteiger partial charge < -0.3 is 0 Å². The average Bonchev–Trinajstić information content (AvgIpc) is 2.30. The van der Waals surface area contributed by atoms with Crippen molar-refractivity contribution in [2.24, 2.45) is 0 Å². The van der Waals surface area contributed by atoms with E-state index in [1.807, 2.05) is 12.1 Å². The lowest BCUT2D eigenvalue weighted by molar-refractivity contribution is 0.368. The fraction of sp³-hybridized carbons (Fsp3) is 0.417. The summed E-state index contributed by atoms with van der Waals surface area (Å²) in [6, 6.07) is 11.0. The topological polar surface area (TPSA) is 35.8 Å². The Morgan fingerprint density at radius 2 is 2.00 bits per heavy atom. The van der Waals surface area contributed by atoms with E-state index in [4.69, 9.17) is 5.26 Å². The molecule has 78 valence electrons.